The molecule has 106 valence electrons. The monoisotopic (exact) mass is 283 g/mol. The maximum absolute atomic E-state index is 4.17. The predicted molar refractivity (Wildman–Crippen MR) is 93.0 cm³/mol. The summed E-state index contributed by atoms with van der Waals surface area (Å²) in [5, 5.41) is 2.56. The number of hydrogen-bond acceptors (Lipinski definition) is 0. The van der Waals surface area contributed by atoms with Crippen molar-refractivity contribution in [3.05, 3.63) is 95.2 Å². The average Bonchev–Trinajstić information content (AvgIpc) is 2.54. The number of benzene rings is 3. The Labute approximate surface area is 130 Å². The van der Waals surface area contributed by atoms with Crippen LogP contribution in [-0.2, 0) is 0 Å². The molecule has 0 aromatic heterocycles. The van der Waals surface area contributed by atoms with E-state index in [1.54, 1.807) is 0 Å². The second-order valence-electron chi connectivity index (χ2n) is 5.75. The van der Waals surface area contributed by atoms with Gasteiger partial charge in [-0.15, -0.1) is 0 Å². The Morgan fingerprint density at radius 3 is 2.68 bits per heavy atom. The lowest BCUT2D eigenvalue weighted by Crippen LogP contribution is -2.19. The van der Waals surface area contributed by atoms with Crippen LogP contribution in [-0.4, -0.2) is 11.3 Å². The molecule has 0 radical (unpaired) electrons. The van der Waals surface area contributed by atoms with Crippen LogP contribution in [0.25, 0.3) is 16.8 Å². The van der Waals surface area contributed by atoms with Gasteiger partial charge in [-0.25, -0.2) is 4.58 Å². The van der Waals surface area contributed by atoms with Gasteiger partial charge in [-0.2, -0.15) is 0 Å². The minimum Gasteiger partial charge on any atom is -0.243 e. The van der Waals surface area contributed by atoms with Gasteiger partial charge in [0, 0.05) is 0 Å². The SMILES string of the molecule is C=[N+]1C=Cc2c(ccc3ccccc23)[C-]1c1cccc(C)c1. The van der Waals surface area contributed by atoms with Crippen molar-refractivity contribution in [2.45, 2.75) is 6.92 Å². The zero-order valence-corrected chi connectivity index (χ0v) is 12.6. The lowest BCUT2D eigenvalue weighted by atomic mass is 9.88. The van der Waals surface area contributed by atoms with Gasteiger partial charge in [0.25, 0.3) is 0 Å². The molecule has 1 heterocycles. The summed E-state index contributed by atoms with van der Waals surface area (Å²) in [7, 11) is 0. The third-order valence-corrected chi connectivity index (χ3v) is 4.23. The molecule has 0 unspecified atom stereocenters. The van der Waals surface area contributed by atoms with E-state index in [4.69, 9.17) is 0 Å². The molecular formula is C21H17N. The summed E-state index contributed by atoms with van der Waals surface area (Å²) < 4.78 is 1.96. The molecule has 0 saturated heterocycles. The Hall–Kier alpha value is -2.80. The van der Waals surface area contributed by atoms with Crippen LogP contribution in [0, 0.1) is 13.0 Å². The highest BCUT2D eigenvalue weighted by Crippen LogP contribution is 2.35. The Kier molecular flexibility index (Phi) is 2.87. The van der Waals surface area contributed by atoms with Crippen LogP contribution in [0.2, 0.25) is 0 Å². The van der Waals surface area contributed by atoms with Crippen molar-refractivity contribution in [2.24, 2.45) is 0 Å². The zero-order chi connectivity index (χ0) is 15.1. The van der Waals surface area contributed by atoms with Crippen LogP contribution < -0.4 is 0 Å². The van der Waals surface area contributed by atoms with Gasteiger partial charge >= 0.3 is 0 Å². The van der Waals surface area contributed by atoms with E-state index in [0.29, 0.717) is 0 Å². The fraction of sp³-hybridized carbons (Fsp3) is 0.0476. The van der Waals surface area contributed by atoms with E-state index in [-0.39, 0.29) is 0 Å². The first-order valence-corrected chi connectivity index (χ1v) is 7.48. The molecule has 1 aliphatic rings. The van der Waals surface area contributed by atoms with Gasteiger partial charge in [0.1, 0.15) is 6.20 Å². The van der Waals surface area contributed by atoms with Crippen LogP contribution in [0.4, 0.5) is 0 Å². The maximum atomic E-state index is 4.17. The van der Waals surface area contributed by atoms with Gasteiger partial charge in [0.05, 0.1) is 6.72 Å². The second-order valence-corrected chi connectivity index (χ2v) is 5.75. The number of fused-ring (bicyclic) bond motifs is 3. The summed E-state index contributed by atoms with van der Waals surface area (Å²) in [5.74, 6) is 0. The molecule has 0 aliphatic carbocycles. The summed E-state index contributed by atoms with van der Waals surface area (Å²) in [6.45, 7) is 6.30. The molecular weight excluding hydrogens is 266 g/mol. The van der Waals surface area contributed by atoms with E-state index in [2.05, 4.69) is 80.4 Å². The quantitative estimate of drug-likeness (QED) is 0.447. The molecule has 0 fully saturated rings. The topological polar surface area (TPSA) is 3.01 Å². The summed E-state index contributed by atoms with van der Waals surface area (Å²) >= 11 is 0. The highest BCUT2D eigenvalue weighted by Gasteiger charge is 2.24. The molecule has 0 atom stereocenters. The fourth-order valence-electron chi connectivity index (χ4n) is 3.19. The first kappa shape index (κ1) is 12.9. The first-order valence-electron chi connectivity index (χ1n) is 7.48. The van der Waals surface area contributed by atoms with Gasteiger partial charge in [0.15, 0.2) is 6.04 Å². The van der Waals surface area contributed by atoms with Crippen LogP contribution in [0.1, 0.15) is 22.3 Å². The van der Waals surface area contributed by atoms with E-state index in [0.717, 1.165) is 6.04 Å². The summed E-state index contributed by atoms with van der Waals surface area (Å²) in [6.07, 6.45) is 4.20. The van der Waals surface area contributed by atoms with Crippen LogP contribution >= 0.6 is 0 Å². The van der Waals surface area contributed by atoms with Crippen molar-refractivity contribution in [1.29, 1.82) is 0 Å². The molecule has 1 aliphatic heterocycles. The Bertz CT molecular complexity index is 918. The molecule has 0 amide bonds. The second kappa shape index (κ2) is 4.88. The van der Waals surface area contributed by atoms with Crippen molar-refractivity contribution < 1.29 is 4.58 Å². The summed E-state index contributed by atoms with van der Waals surface area (Å²) in [4.78, 5) is 0. The van der Waals surface area contributed by atoms with E-state index >= 15 is 0 Å². The van der Waals surface area contributed by atoms with E-state index in [1.165, 1.54) is 33.0 Å². The number of rotatable bonds is 1. The third-order valence-electron chi connectivity index (χ3n) is 4.23. The van der Waals surface area contributed by atoms with Gasteiger partial charge in [-0.3, -0.25) is 0 Å². The molecule has 4 rings (SSSR count). The Morgan fingerprint density at radius 1 is 0.955 bits per heavy atom. The van der Waals surface area contributed by atoms with Gasteiger partial charge in [-0.05, 0) is 40.5 Å². The van der Waals surface area contributed by atoms with Gasteiger partial charge in [-0.1, -0.05) is 66.2 Å². The molecule has 1 nitrogen and oxygen atoms in total. The molecule has 3 aromatic carbocycles. The van der Waals surface area contributed by atoms with Crippen molar-refractivity contribution in [2.75, 3.05) is 0 Å². The van der Waals surface area contributed by atoms with E-state index < -0.39 is 0 Å². The van der Waals surface area contributed by atoms with Crippen molar-refractivity contribution in [3.8, 4) is 0 Å². The van der Waals surface area contributed by atoms with Crippen LogP contribution in [0.5, 0.6) is 0 Å². The summed E-state index contributed by atoms with van der Waals surface area (Å²) in [5.41, 5.74) is 4.97. The summed E-state index contributed by atoms with van der Waals surface area (Å²) in [6, 6.07) is 22.7. The largest absolute Gasteiger partial charge is 0.243 e. The van der Waals surface area contributed by atoms with E-state index in [9.17, 15) is 0 Å². The van der Waals surface area contributed by atoms with Crippen LogP contribution in [0.15, 0.2) is 66.9 Å². The molecule has 22 heavy (non-hydrogen) atoms. The number of nitrogens with zero attached hydrogens (tertiary/aromatic N) is 1. The lowest BCUT2D eigenvalue weighted by Gasteiger charge is -2.25. The highest BCUT2D eigenvalue weighted by molar-refractivity contribution is 5.93. The van der Waals surface area contributed by atoms with E-state index in [1.807, 2.05) is 10.8 Å². The Morgan fingerprint density at radius 2 is 1.82 bits per heavy atom. The molecule has 0 saturated carbocycles. The van der Waals surface area contributed by atoms with Crippen LogP contribution in [0.3, 0.4) is 0 Å². The maximum Gasteiger partial charge on any atom is 0.159 e. The molecule has 1 heteroatoms. The standard InChI is InChI=1S/C21H17N/c1-15-6-5-8-17(14-15)21-20-11-10-16-7-3-4-9-18(16)19(20)12-13-22(21)2/h3-14H,2H2,1H3. The highest BCUT2D eigenvalue weighted by atomic mass is 15.0. The molecule has 3 aromatic rings. The normalized spacial score (nSPS) is 13.5. The van der Waals surface area contributed by atoms with Gasteiger partial charge < -0.3 is 0 Å². The van der Waals surface area contributed by atoms with Crippen molar-refractivity contribution in [1.82, 2.24) is 0 Å². The smallest absolute Gasteiger partial charge is 0.159 e. The molecule has 0 N–H and O–H groups in total. The van der Waals surface area contributed by atoms with Crippen molar-refractivity contribution >= 4 is 23.6 Å². The van der Waals surface area contributed by atoms with Gasteiger partial charge in [0.2, 0.25) is 0 Å². The fourth-order valence-corrected chi connectivity index (χ4v) is 3.19. The minimum absolute atomic E-state index is 1.16. The molecule has 0 bridgehead atoms. The third kappa shape index (κ3) is 1.94. The average molecular weight is 283 g/mol. The predicted octanol–water partition coefficient (Wildman–Crippen LogP) is 4.77. The van der Waals surface area contributed by atoms with Crippen molar-refractivity contribution in [3.63, 3.8) is 0 Å². The number of hydrogen-bond donors (Lipinski definition) is 0. The number of aryl methyl sites for hydroxylation is 1. The zero-order valence-electron chi connectivity index (χ0n) is 12.6. The molecule has 0 spiro atoms. The first-order chi connectivity index (χ1) is 10.7. The minimum atomic E-state index is 1.16. The Balaban J connectivity index is 1.98. The lowest BCUT2D eigenvalue weighted by molar-refractivity contribution is -0.418.